The lowest BCUT2D eigenvalue weighted by atomic mass is 10.1. The van der Waals surface area contributed by atoms with Crippen molar-refractivity contribution in [1.29, 1.82) is 5.26 Å². The molecule has 128 valence electrons. The van der Waals surface area contributed by atoms with Gasteiger partial charge in [-0.1, -0.05) is 12.1 Å². The van der Waals surface area contributed by atoms with E-state index in [-0.39, 0.29) is 12.0 Å². The molecule has 1 aromatic rings. The molecule has 24 heavy (non-hydrogen) atoms. The van der Waals surface area contributed by atoms with Crippen molar-refractivity contribution in [3.63, 3.8) is 0 Å². The maximum absolute atomic E-state index is 12.4. The Kier molecular flexibility index (Phi) is 5.84. The van der Waals surface area contributed by atoms with Crippen LogP contribution in [0.15, 0.2) is 24.3 Å². The summed E-state index contributed by atoms with van der Waals surface area (Å²) in [4.78, 5) is 16.8. The maximum Gasteiger partial charge on any atom is 0.225 e. The van der Waals surface area contributed by atoms with E-state index in [0.717, 1.165) is 58.6 Å². The van der Waals surface area contributed by atoms with Crippen LogP contribution in [-0.2, 0) is 16.1 Å². The van der Waals surface area contributed by atoms with Crippen molar-refractivity contribution in [3.8, 4) is 6.07 Å². The Hall–Kier alpha value is -1.90. The summed E-state index contributed by atoms with van der Waals surface area (Å²) in [5.74, 6) is 0.238. The van der Waals surface area contributed by atoms with E-state index in [2.05, 4.69) is 11.0 Å². The zero-order valence-electron chi connectivity index (χ0n) is 14.1. The summed E-state index contributed by atoms with van der Waals surface area (Å²) >= 11 is 0. The van der Waals surface area contributed by atoms with Crippen LogP contribution in [0.3, 0.4) is 0 Å². The van der Waals surface area contributed by atoms with Crippen molar-refractivity contribution >= 4 is 5.91 Å². The first-order valence-corrected chi connectivity index (χ1v) is 8.85. The van der Waals surface area contributed by atoms with Gasteiger partial charge in [-0.2, -0.15) is 5.26 Å². The van der Waals surface area contributed by atoms with Crippen molar-refractivity contribution in [2.75, 3.05) is 32.8 Å². The molecule has 2 aliphatic rings. The van der Waals surface area contributed by atoms with Crippen molar-refractivity contribution in [1.82, 2.24) is 9.80 Å². The fraction of sp³-hybridized carbons (Fsp3) is 0.579. The number of carbonyl (C=O) groups is 1. The normalized spacial score (nSPS) is 22.1. The predicted octanol–water partition coefficient (Wildman–Crippen LogP) is 2.16. The van der Waals surface area contributed by atoms with E-state index in [9.17, 15) is 4.79 Å². The molecule has 0 bridgehead atoms. The largest absolute Gasteiger partial charge is 0.378 e. The van der Waals surface area contributed by atoms with Gasteiger partial charge in [0.1, 0.15) is 0 Å². The summed E-state index contributed by atoms with van der Waals surface area (Å²) in [6.45, 7) is 5.22. The van der Waals surface area contributed by atoms with Gasteiger partial charge in [-0.15, -0.1) is 0 Å². The van der Waals surface area contributed by atoms with Crippen LogP contribution in [-0.4, -0.2) is 54.6 Å². The zero-order chi connectivity index (χ0) is 16.8. The molecule has 3 rings (SSSR count). The number of hydrogen-bond acceptors (Lipinski definition) is 4. The minimum absolute atomic E-state index is 0.135. The van der Waals surface area contributed by atoms with Crippen LogP contribution in [0, 0.1) is 11.3 Å². The molecule has 2 heterocycles. The van der Waals surface area contributed by atoms with Gasteiger partial charge in [0, 0.05) is 39.3 Å². The lowest BCUT2D eigenvalue weighted by Gasteiger charge is -2.23. The summed E-state index contributed by atoms with van der Waals surface area (Å²) < 4.78 is 5.58. The van der Waals surface area contributed by atoms with Gasteiger partial charge < -0.3 is 9.64 Å². The Bertz CT molecular complexity index is 588. The molecule has 0 aromatic heterocycles. The lowest BCUT2D eigenvalue weighted by Crippen LogP contribution is -2.36. The van der Waals surface area contributed by atoms with Gasteiger partial charge in [0.15, 0.2) is 0 Å². The maximum atomic E-state index is 12.4. The number of benzene rings is 1. The van der Waals surface area contributed by atoms with Crippen LogP contribution < -0.4 is 0 Å². The quantitative estimate of drug-likeness (QED) is 0.850. The summed E-state index contributed by atoms with van der Waals surface area (Å²) in [6, 6.07) is 9.91. The number of hydrogen-bond donors (Lipinski definition) is 0. The van der Waals surface area contributed by atoms with Gasteiger partial charge in [0.25, 0.3) is 0 Å². The summed E-state index contributed by atoms with van der Waals surface area (Å²) in [6.07, 6.45) is 3.78. The Balaban J connectivity index is 1.48. The molecule has 1 aromatic carbocycles. The summed E-state index contributed by atoms with van der Waals surface area (Å²) in [7, 11) is 0. The highest BCUT2D eigenvalue weighted by Gasteiger charge is 2.24. The van der Waals surface area contributed by atoms with Crippen molar-refractivity contribution in [3.05, 3.63) is 35.4 Å². The van der Waals surface area contributed by atoms with E-state index < -0.39 is 0 Å². The second kappa shape index (κ2) is 8.27. The molecule has 1 atom stereocenters. The average Bonchev–Trinajstić information content (AvgIpc) is 3.00. The van der Waals surface area contributed by atoms with Gasteiger partial charge >= 0.3 is 0 Å². The Morgan fingerprint density at radius 2 is 2.00 bits per heavy atom. The highest BCUT2D eigenvalue weighted by molar-refractivity contribution is 5.76. The van der Waals surface area contributed by atoms with E-state index in [4.69, 9.17) is 10.00 Å². The van der Waals surface area contributed by atoms with Crippen LogP contribution in [0.1, 0.15) is 36.8 Å². The first-order valence-electron chi connectivity index (χ1n) is 8.85. The molecule has 0 unspecified atom stereocenters. The first kappa shape index (κ1) is 16.9. The smallest absolute Gasteiger partial charge is 0.225 e. The first-order chi connectivity index (χ1) is 11.7. The Labute approximate surface area is 143 Å². The van der Waals surface area contributed by atoms with E-state index in [1.54, 1.807) is 0 Å². The number of rotatable bonds is 4. The average molecular weight is 327 g/mol. The van der Waals surface area contributed by atoms with Crippen LogP contribution >= 0.6 is 0 Å². The molecule has 1 amide bonds. The number of nitriles is 1. The van der Waals surface area contributed by atoms with Crippen LogP contribution in [0.25, 0.3) is 0 Å². The Morgan fingerprint density at radius 1 is 1.17 bits per heavy atom. The van der Waals surface area contributed by atoms with E-state index in [0.29, 0.717) is 12.0 Å². The van der Waals surface area contributed by atoms with E-state index >= 15 is 0 Å². The highest BCUT2D eigenvalue weighted by Crippen LogP contribution is 2.17. The molecule has 0 N–H and O–H groups in total. The van der Waals surface area contributed by atoms with E-state index in [1.807, 2.05) is 29.2 Å². The van der Waals surface area contributed by atoms with Gasteiger partial charge in [-0.25, -0.2) is 0 Å². The number of carbonyl (C=O) groups excluding carboxylic acids is 1. The topological polar surface area (TPSA) is 56.6 Å². The molecule has 0 spiro atoms. The second-order valence-corrected chi connectivity index (χ2v) is 6.66. The zero-order valence-corrected chi connectivity index (χ0v) is 14.1. The predicted molar refractivity (Wildman–Crippen MR) is 91.2 cm³/mol. The van der Waals surface area contributed by atoms with Gasteiger partial charge in [0.05, 0.1) is 24.2 Å². The molecular weight excluding hydrogens is 302 g/mol. The fourth-order valence-electron chi connectivity index (χ4n) is 3.45. The standard InChI is InChI=1S/C19H25N3O2/c20-14-16-4-6-17(7-5-16)15-21-8-2-9-22(11-10-21)19(23)13-18-3-1-12-24-18/h4-7,18H,1-3,8-13,15H2/t18-/m0/s1. The molecule has 0 radical (unpaired) electrons. The molecule has 2 fully saturated rings. The Morgan fingerprint density at radius 3 is 2.71 bits per heavy atom. The van der Waals surface area contributed by atoms with Gasteiger partial charge in [0.2, 0.25) is 5.91 Å². The van der Waals surface area contributed by atoms with Gasteiger partial charge in [-0.05, 0) is 37.0 Å². The van der Waals surface area contributed by atoms with Crippen LogP contribution in [0.4, 0.5) is 0 Å². The minimum Gasteiger partial charge on any atom is -0.378 e. The molecule has 2 aliphatic heterocycles. The third kappa shape index (κ3) is 4.56. The summed E-state index contributed by atoms with van der Waals surface area (Å²) in [5, 5.41) is 8.86. The molecule has 0 saturated carbocycles. The van der Waals surface area contributed by atoms with Crippen molar-refractivity contribution < 1.29 is 9.53 Å². The molecular formula is C19H25N3O2. The number of ether oxygens (including phenoxy) is 1. The number of nitrogens with zero attached hydrogens (tertiary/aromatic N) is 3. The molecule has 5 heteroatoms. The second-order valence-electron chi connectivity index (χ2n) is 6.66. The van der Waals surface area contributed by atoms with Gasteiger partial charge in [-0.3, -0.25) is 9.69 Å². The van der Waals surface area contributed by atoms with Crippen molar-refractivity contribution in [2.24, 2.45) is 0 Å². The minimum atomic E-state index is 0.135. The van der Waals surface area contributed by atoms with Crippen molar-refractivity contribution in [2.45, 2.75) is 38.3 Å². The SMILES string of the molecule is N#Cc1ccc(CN2CCCN(C(=O)C[C@@H]3CCCO3)CC2)cc1. The summed E-state index contributed by atoms with van der Waals surface area (Å²) in [5.41, 5.74) is 1.91. The number of amides is 1. The third-order valence-electron chi connectivity index (χ3n) is 4.86. The highest BCUT2D eigenvalue weighted by atomic mass is 16.5. The molecule has 0 aliphatic carbocycles. The van der Waals surface area contributed by atoms with Crippen LogP contribution in [0.5, 0.6) is 0 Å². The fourth-order valence-corrected chi connectivity index (χ4v) is 3.45. The lowest BCUT2D eigenvalue weighted by molar-refractivity contribution is -0.133. The monoisotopic (exact) mass is 327 g/mol. The third-order valence-corrected chi connectivity index (χ3v) is 4.86. The van der Waals surface area contributed by atoms with E-state index in [1.165, 1.54) is 5.56 Å². The van der Waals surface area contributed by atoms with Crippen LogP contribution in [0.2, 0.25) is 0 Å². The molecule has 2 saturated heterocycles. The molecule has 5 nitrogen and oxygen atoms in total.